The van der Waals surface area contributed by atoms with Crippen LogP contribution in [0.1, 0.15) is 39.9 Å². The standard InChI is InChI=1S/C27H27N3O5/c31-25-15-14-24(30(25)17-20-4-2-1-3-5-20)27(33)28-16-19-8-12-23(13-9-19)35-18-21-6-10-22(11-7-21)26(32)29-34/h1-13,24,34H,14-18H2,(H,28,33)(H,29,32)/t24-/m0/s1. The van der Waals surface area contributed by atoms with E-state index in [0.29, 0.717) is 43.9 Å². The van der Waals surface area contributed by atoms with Crippen molar-refractivity contribution in [3.8, 4) is 5.75 Å². The van der Waals surface area contributed by atoms with Crippen LogP contribution in [0.5, 0.6) is 5.75 Å². The Hall–Kier alpha value is -4.17. The third kappa shape index (κ3) is 6.24. The molecule has 1 fully saturated rings. The molecule has 8 nitrogen and oxygen atoms in total. The maximum absolute atomic E-state index is 12.8. The molecule has 0 radical (unpaired) electrons. The lowest BCUT2D eigenvalue weighted by Crippen LogP contribution is -2.44. The predicted molar refractivity (Wildman–Crippen MR) is 128 cm³/mol. The average molecular weight is 474 g/mol. The summed E-state index contributed by atoms with van der Waals surface area (Å²) in [7, 11) is 0. The summed E-state index contributed by atoms with van der Waals surface area (Å²) in [6.07, 6.45) is 0.907. The van der Waals surface area contributed by atoms with Crippen LogP contribution in [0.3, 0.4) is 0 Å². The first-order valence-electron chi connectivity index (χ1n) is 11.4. The van der Waals surface area contributed by atoms with Crippen LogP contribution in [0.4, 0.5) is 0 Å². The average Bonchev–Trinajstić information content (AvgIpc) is 3.27. The molecule has 3 amide bonds. The summed E-state index contributed by atoms with van der Waals surface area (Å²) in [5.41, 5.74) is 4.75. The summed E-state index contributed by atoms with van der Waals surface area (Å²) in [6.45, 7) is 1.11. The highest BCUT2D eigenvalue weighted by molar-refractivity contribution is 5.93. The van der Waals surface area contributed by atoms with Gasteiger partial charge in [-0.3, -0.25) is 19.6 Å². The molecule has 0 bridgehead atoms. The van der Waals surface area contributed by atoms with Crippen molar-refractivity contribution in [1.82, 2.24) is 15.7 Å². The van der Waals surface area contributed by atoms with Gasteiger partial charge < -0.3 is 15.0 Å². The van der Waals surface area contributed by atoms with Crippen LogP contribution in [0, 0.1) is 0 Å². The van der Waals surface area contributed by atoms with Gasteiger partial charge in [-0.05, 0) is 47.4 Å². The smallest absolute Gasteiger partial charge is 0.274 e. The topological polar surface area (TPSA) is 108 Å². The van der Waals surface area contributed by atoms with Crippen molar-refractivity contribution in [3.63, 3.8) is 0 Å². The lowest BCUT2D eigenvalue weighted by Gasteiger charge is -2.24. The highest BCUT2D eigenvalue weighted by Gasteiger charge is 2.35. The zero-order chi connectivity index (χ0) is 24.6. The number of hydrogen-bond donors (Lipinski definition) is 3. The zero-order valence-electron chi connectivity index (χ0n) is 19.1. The number of amides is 3. The van der Waals surface area contributed by atoms with E-state index in [1.165, 1.54) is 0 Å². The summed E-state index contributed by atoms with van der Waals surface area (Å²) in [5.74, 6) is -0.0384. The first kappa shape index (κ1) is 24.0. The highest BCUT2D eigenvalue weighted by Crippen LogP contribution is 2.22. The lowest BCUT2D eigenvalue weighted by molar-refractivity contribution is -0.135. The van der Waals surface area contributed by atoms with Gasteiger partial charge in [-0.2, -0.15) is 0 Å². The van der Waals surface area contributed by atoms with Crippen LogP contribution in [0.15, 0.2) is 78.9 Å². The van der Waals surface area contributed by atoms with Crippen molar-refractivity contribution < 1.29 is 24.3 Å². The Bertz CT molecular complexity index is 1160. The second-order valence-electron chi connectivity index (χ2n) is 8.35. The Kier molecular flexibility index (Phi) is 7.74. The molecule has 8 heteroatoms. The Morgan fingerprint density at radius 3 is 2.29 bits per heavy atom. The fourth-order valence-corrected chi connectivity index (χ4v) is 3.98. The van der Waals surface area contributed by atoms with Gasteiger partial charge >= 0.3 is 0 Å². The van der Waals surface area contributed by atoms with Gasteiger partial charge in [0.15, 0.2) is 0 Å². The van der Waals surface area contributed by atoms with Crippen molar-refractivity contribution in [3.05, 3.63) is 101 Å². The summed E-state index contributed by atoms with van der Waals surface area (Å²) in [4.78, 5) is 38.2. The molecule has 0 saturated carbocycles. The van der Waals surface area contributed by atoms with Crippen molar-refractivity contribution in [2.45, 2.75) is 38.6 Å². The van der Waals surface area contributed by atoms with Crippen LogP contribution >= 0.6 is 0 Å². The lowest BCUT2D eigenvalue weighted by atomic mass is 10.1. The molecule has 35 heavy (non-hydrogen) atoms. The van der Waals surface area contributed by atoms with Gasteiger partial charge in [0.05, 0.1) is 0 Å². The third-order valence-electron chi connectivity index (χ3n) is 5.94. The van der Waals surface area contributed by atoms with Gasteiger partial charge in [-0.15, -0.1) is 0 Å². The highest BCUT2D eigenvalue weighted by atomic mass is 16.5. The number of hydrogen-bond acceptors (Lipinski definition) is 5. The number of likely N-dealkylation sites (tertiary alicyclic amines) is 1. The van der Waals surface area contributed by atoms with Gasteiger partial charge in [0.25, 0.3) is 5.91 Å². The van der Waals surface area contributed by atoms with Crippen LogP contribution in [-0.2, 0) is 29.3 Å². The number of nitrogens with one attached hydrogen (secondary N) is 2. The van der Waals surface area contributed by atoms with E-state index in [-0.39, 0.29) is 11.8 Å². The molecular formula is C27H27N3O5. The van der Waals surface area contributed by atoms with Crippen LogP contribution < -0.4 is 15.5 Å². The zero-order valence-corrected chi connectivity index (χ0v) is 19.1. The number of carbonyl (C=O) groups excluding carboxylic acids is 3. The SMILES string of the molecule is O=C(NO)c1ccc(COc2ccc(CNC(=O)[C@@H]3CCC(=O)N3Cc3ccccc3)cc2)cc1. The van der Waals surface area contributed by atoms with E-state index in [0.717, 1.165) is 16.7 Å². The normalized spacial score (nSPS) is 15.1. The Balaban J connectivity index is 1.26. The summed E-state index contributed by atoms with van der Waals surface area (Å²) in [6, 6.07) is 23.4. The molecule has 1 heterocycles. The number of ether oxygens (including phenoxy) is 1. The Morgan fingerprint density at radius 2 is 1.60 bits per heavy atom. The molecular weight excluding hydrogens is 446 g/mol. The van der Waals surface area contributed by atoms with Gasteiger partial charge in [0.2, 0.25) is 11.8 Å². The van der Waals surface area contributed by atoms with Crippen LogP contribution in [-0.4, -0.2) is 33.9 Å². The quantitative estimate of drug-likeness (QED) is 0.327. The Labute approximate surface area is 203 Å². The first-order valence-corrected chi connectivity index (χ1v) is 11.4. The molecule has 180 valence electrons. The van der Waals surface area contributed by atoms with E-state index in [1.54, 1.807) is 34.6 Å². The molecule has 4 rings (SSSR count). The Morgan fingerprint density at radius 1 is 0.914 bits per heavy atom. The van der Waals surface area contributed by atoms with E-state index in [4.69, 9.17) is 9.94 Å². The molecule has 1 atom stereocenters. The molecule has 3 N–H and O–H groups in total. The molecule has 0 unspecified atom stereocenters. The van der Waals surface area contributed by atoms with Gasteiger partial charge in [-0.1, -0.05) is 54.6 Å². The van der Waals surface area contributed by atoms with E-state index in [1.807, 2.05) is 54.6 Å². The van der Waals surface area contributed by atoms with Crippen molar-refractivity contribution in [1.29, 1.82) is 0 Å². The largest absolute Gasteiger partial charge is 0.489 e. The summed E-state index contributed by atoms with van der Waals surface area (Å²) >= 11 is 0. The van der Waals surface area contributed by atoms with Gasteiger partial charge in [0.1, 0.15) is 18.4 Å². The van der Waals surface area contributed by atoms with Crippen molar-refractivity contribution >= 4 is 17.7 Å². The predicted octanol–water partition coefficient (Wildman–Crippen LogP) is 3.19. The number of hydroxylamine groups is 1. The molecule has 0 spiro atoms. The molecule has 3 aromatic carbocycles. The molecule has 1 saturated heterocycles. The first-order chi connectivity index (χ1) is 17.0. The van der Waals surface area contributed by atoms with Crippen LogP contribution in [0.25, 0.3) is 0 Å². The van der Waals surface area contributed by atoms with E-state index in [2.05, 4.69) is 5.32 Å². The third-order valence-corrected chi connectivity index (χ3v) is 5.94. The van der Waals surface area contributed by atoms with E-state index < -0.39 is 11.9 Å². The summed E-state index contributed by atoms with van der Waals surface area (Å²) in [5, 5.41) is 11.6. The minimum absolute atomic E-state index is 0.00167. The van der Waals surface area contributed by atoms with Crippen molar-refractivity contribution in [2.24, 2.45) is 0 Å². The van der Waals surface area contributed by atoms with E-state index >= 15 is 0 Å². The maximum atomic E-state index is 12.8. The monoisotopic (exact) mass is 473 g/mol. The second kappa shape index (κ2) is 11.3. The fourth-order valence-electron chi connectivity index (χ4n) is 3.98. The van der Waals surface area contributed by atoms with Crippen LogP contribution in [0.2, 0.25) is 0 Å². The summed E-state index contributed by atoms with van der Waals surface area (Å²) < 4.78 is 5.78. The number of nitrogens with zero attached hydrogens (tertiary/aromatic N) is 1. The minimum atomic E-state index is -0.566. The number of carbonyl (C=O) groups is 3. The van der Waals surface area contributed by atoms with Gasteiger partial charge in [0, 0.05) is 25.1 Å². The molecule has 1 aliphatic rings. The molecule has 0 aliphatic carbocycles. The molecule has 0 aromatic heterocycles. The van der Waals surface area contributed by atoms with Gasteiger partial charge in [-0.25, -0.2) is 5.48 Å². The van der Waals surface area contributed by atoms with E-state index in [9.17, 15) is 14.4 Å². The fraction of sp³-hybridized carbons (Fsp3) is 0.222. The number of benzene rings is 3. The second-order valence-corrected chi connectivity index (χ2v) is 8.35. The maximum Gasteiger partial charge on any atom is 0.274 e. The molecule has 3 aromatic rings. The molecule has 1 aliphatic heterocycles. The minimum Gasteiger partial charge on any atom is -0.489 e. The van der Waals surface area contributed by atoms with Crippen molar-refractivity contribution in [2.75, 3.05) is 0 Å². The number of rotatable bonds is 9.